The van der Waals surface area contributed by atoms with E-state index in [-0.39, 0.29) is 18.4 Å². The van der Waals surface area contributed by atoms with Gasteiger partial charge in [0.15, 0.2) is 11.5 Å². The second-order valence-electron chi connectivity index (χ2n) is 4.47. The summed E-state index contributed by atoms with van der Waals surface area (Å²) in [7, 11) is 0. The van der Waals surface area contributed by atoms with Gasteiger partial charge in [0.05, 0.1) is 6.21 Å². The average molecular weight is 363 g/mol. The van der Waals surface area contributed by atoms with Crippen LogP contribution >= 0.6 is 15.9 Å². The Balaban J connectivity index is 1.69. The number of hydrogen-bond donors (Lipinski definition) is 2. The van der Waals surface area contributed by atoms with E-state index < -0.39 is 0 Å². The zero-order valence-electron chi connectivity index (χ0n) is 11.2. The first-order valence-electron chi connectivity index (χ1n) is 6.35. The van der Waals surface area contributed by atoms with E-state index in [2.05, 4.69) is 26.5 Å². The Morgan fingerprint density at radius 3 is 2.91 bits per heavy atom. The van der Waals surface area contributed by atoms with Crippen molar-refractivity contribution in [1.82, 2.24) is 5.43 Å². The molecular weight excluding hydrogens is 352 g/mol. The summed E-state index contributed by atoms with van der Waals surface area (Å²) in [5.41, 5.74) is 3.47. The summed E-state index contributed by atoms with van der Waals surface area (Å²) in [5, 5.41) is 13.3. The first-order valence-corrected chi connectivity index (χ1v) is 7.14. The molecule has 1 heterocycles. The molecule has 112 valence electrons. The zero-order chi connectivity index (χ0) is 15.5. The average Bonchev–Trinajstić information content (AvgIpc) is 2.98. The summed E-state index contributed by atoms with van der Waals surface area (Å²) in [4.78, 5) is 12.0. The Labute approximate surface area is 134 Å². The molecule has 1 aliphatic rings. The minimum Gasteiger partial charge on any atom is -0.508 e. The fraction of sp³-hybridized carbons (Fsp3) is 0.0667. The van der Waals surface area contributed by atoms with Crippen LogP contribution in [-0.2, 0) is 0 Å². The molecule has 2 aromatic carbocycles. The van der Waals surface area contributed by atoms with Gasteiger partial charge >= 0.3 is 0 Å². The number of hydrazone groups is 1. The predicted octanol–water partition coefficient (Wildman–Crippen LogP) is 2.65. The lowest BCUT2D eigenvalue weighted by molar-refractivity contribution is 0.0954. The van der Waals surface area contributed by atoms with Gasteiger partial charge in [0.2, 0.25) is 6.79 Å². The summed E-state index contributed by atoms with van der Waals surface area (Å²) in [6.45, 7) is 0.157. The Hall–Kier alpha value is -2.54. The number of carbonyl (C=O) groups is 1. The third kappa shape index (κ3) is 3.04. The van der Waals surface area contributed by atoms with E-state index in [1.54, 1.807) is 30.3 Å². The molecular formula is C15H11BrN2O4. The second kappa shape index (κ2) is 6.07. The van der Waals surface area contributed by atoms with Crippen LogP contribution in [0.2, 0.25) is 0 Å². The Morgan fingerprint density at radius 1 is 1.23 bits per heavy atom. The van der Waals surface area contributed by atoms with E-state index in [9.17, 15) is 9.90 Å². The number of nitrogens with one attached hydrogen (secondary N) is 1. The molecule has 2 N–H and O–H groups in total. The van der Waals surface area contributed by atoms with Crippen molar-refractivity contribution in [3.05, 3.63) is 52.0 Å². The molecule has 0 unspecified atom stereocenters. The van der Waals surface area contributed by atoms with Gasteiger partial charge in [-0.15, -0.1) is 0 Å². The van der Waals surface area contributed by atoms with Crippen LogP contribution in [0.1, 0.15) is 15.9 Å². The van der Waals surface area contributed by atoms with Crippen molar-refractivity contribution < 1.29 is 19.4 Å². The van der Waals surface area contributed by atoms with E-state index in [0.29, 0.717) is 22.6 Å². The molecule has 0 aromatic heterocycles. The lowest BCUT2D eigenvalue weighted by Crippen LogP contribution is -2.17. The van der Waals surface area contributed by atoms with Gasteiger partial charge in [-0.25, -0.2) is 5.43 Å². The molecule has 22 heavy (non-hydrogen) atoms. The molecule has 1 amide bonds. The quantitative estimate of drug-likeness (QED) is 0.649. The highest BCUT2D eigenvalue weighted by atomic mass is 79.9. The molecule has 0 fully saturated rings. The molecule has 6 nitrogen and oxygen atoms in total. The maximum Gasteiger partial charge on any atom is 0.271 e. The van der Waals surface area contributed by atoms with E-state index >= 15 is 0 Å². The maximum absolute atomic E-state index is 12.0. The van der Waals surface area contributed by atoms with Crippen LogP contribution in [0.3, 0.4) is 0 Å². The van der Waals surface area contributed by atoms with Crippen molar-refractivity contribution in [2.75, 3.05) is 6.79 Å². The highest BCUT2D eigenvalue weighted by molar-refractivity contribution is 9.10. The van der Waals surface area contributed by atoms with E-state index in [4.69, 9.17) is 9.47 Å². The molecule has 0 bridgehead atoms. The summed E-state index contributed by atoms with van der Waals surface area (Å²) in [6, 6.07) is 9.66. The minimum atomic E-state index is -0.370. The third-order valence-electron chi connectivity index (χ3n) is 2.98. The minimum absolute atomic E-state index is 0.117. The third-order valence-corrected chi connectivity index (χ3v) is 3.71. The Kier molecular flexibility index (Phi) is 3.97. The van der Waals surface area contributed by atoms with E-state index in [1.807, 2.05) is 0 Å². The van der Waals surface area contributed by atoms with Crippen LogP contribution < -0.4 is 14.9 Å². The van der Waals surface area contributed by atoms with Crippen LogP contribution in [0.4, 0.5) is 0 Å². The number of phenolic OH excluding ortho intramolecular Hbond substituents is 1. The smallest absolute Gasteiger partial charge is 0.271 e. The van der Waals surface area contributed by atoms with Gasteiger partial charge in [0.1, 0.15) is 5.75 Å². The summed E-state index contributed by atoms with van der Waals surface area (Å²) >= 11 is 3.33. The first kappa shape index (κ1) is 14.4. The predicted molar refractivity (Wildman–Crippen MR) is 83.4 cm³/mol. The highest BCUT2D eigenvalue weighted by Crippen LogP contribution is 2.32. The van der Waals surface area contributed by atoms with E-state index in [1.165, 1.54) is 12.3 Å². The largest absolute Gasteiger partial charge is 0.508 e. The highest BCUT2D eigenvalue weighted by Gasteiger charge is 2.15. The monoisotopic (exact) mass is 362 g/mol. The van der Waals surface area contributed by atoms with Gasteiger partial charge in [-0.05, 0) is 36.4 Å². The number of ether oxygens (including phenoxy) is 2. The summed E-state index contributed by atoms with van der Waals surface area (Å²) in [5.74, 6) is 0.897. The fourth-order valence-corrected chi connectivity index (χ4v) is 2.24. The number of nitrogens with zero attached hydrogens (tertiary/aromatic N) is 1. The number of fused-ring (bicyclic) bond motifs is 1. The Bertz CT molecular complexity index is 761. The number of halogens is 1. The Morgan fingerprint density at radius 2 is 2.05 bits per heavy atom. The van der Waals surface area contributed by atoms with Gasteiger partial charge < -0.3 is 14.6 Å². The SMILES string of the molecule is O=C(N/N=C\c1cc(O)ccc1Br)c1ccc2c(c1)OCO2. The lowest BCUT2D eigenvalue weighted by atomic mass is 10.2. The molecule has 3 rings (SSSR count). The maximum atomic E-state index is 12.0. The standard InChI is InChI=1S/C15H11BrN2O4/c16-12-3-2-11(19)5-10(12)7-17-18-15(20)9-1-4-13-14(6-9)22-8-21-13/h1-7,19H,8H2,(H,18,20)/b17-7-. The molecule has 0 saturated carbocycles. The number of phenols is 1. The van der Waals surface area contributed by atoms with Crippen molar-refractivity contribution in [3.8, 4) is 17.2 Å². The van der Waals surface area contributed by atoms with Crippen LogP contribution in [0.5, 0.6) is 17.2 Å². The number of rotatable bonds is 3. The second-order valence-corrected chi connectivity index (χ2v) is 5.33. The number of benzene rings is 2. The number of amides is 1. The summed E-state index contributed by atoms with van der Waals surface area (Å²) in [6.07, 6.45) is 1.44. The first-order chi connectivity index (χ1) is 10.6. The normalized spacial score (nSPS) is 12.6. The van der Waals surface area contributed by atoms with Crippen molar-refractivity contribution in [2.24, 2.45) is 5.10 Å². The topological polar surface area (TPSA) is 80.2 Å². The van der Waals surface area contributed by atoms with Crippen molar-refractivity contribution >= 4 is 28.1 Å². The number of hydrogen-bond acceptors (Lipinski definition) is 5. The van der Waals surface area contributed by atoms with Gasteiger partial charge in [0, 0.05) is 15.6 Å². The van der Waals surface area contributed by atoms with Crippen molar-refractivity contribution in [3.63, 3.8) is 0 Å². The van der Waals surface area contributed by atoms with Crippen LogP contribution in [-0.4, -0.2) is 24.0 Å². The molecule has 1 aliphatic heterocycles. The molecule has 0 aliphatic carbocycles. The summed E-state index contributed by atoms with van der Waals surface area (Å²) < 4.78 is 11.2. The number of aromatic hydroxyl groups is 1. The molecule has 0 saturated heterocycles. The lowest BCUT2D eigenvalue weighted by Gasteiger charge is -2.02. The van der Waals surface area contributed by atoms with Crippen molar-refractivity contribution in [2.45, 2.75) is 0 Å². The number of carbonyl (C=O) groups excluding carboxylic acids is 1. The molecule has 0 atom stereocenters. The zero-order valence-corrected chi connectivity index (χ0v) is 12.8. The van der Waals surface area contributed by atoms with Gasteiger partial charge in [-0.2, -0.15) is 5.10 Å². The molecule has 7 heteroatoms. The van der Waals surface area contributed by atoms with Gasteiger partial charge in [-0.1, -0.05) is 15.9 Å². The molecule has 2 aromatic rings. The fourth-order valence-electron chi connectivity index (χ4n) is 1.89. The van der Waals surface area contributed by atoms with Crippen LogP contribution in [0, 0.1) is 0 Å². The molecule has 0 spiro atoms. The van der Waals surface area contributed by atoms with Crippen LogP contribution in [0.25, 0.3) is 0 Å². The van der Waals surface area contributed by atoms with Gasteiger partial charge in [-0.3, -0.25) is 4.79 Å². The van der Waals surface area contributed by atoms with Gasteiger partial charge in [0.25, 0.3) is 5.91 Å². The van der Waals surface area contributed by atoms with Crippen molar-refractivity contribution in [1.29, 1.82) is 0 Å². The molecule has 0 radical (unpaired) electrons. The van der Waals surface area contributed by atoms with Crippen LogP contribution in [0.15, 0.2) is 46.0 Å². The van der Waals surface area contributed by atoms with E-state index in [0.717, 1.165) is 4.47 Å².